The highest BCUT2D eigenvalue weighted by Crippen LogP contribution is 2.28. The molecule has 1 unspecified atom stereocenters. The molecule has 2 aromatic rings. The van der Waals surface area contributed by atoms with Crippen LogP contribution in [-0.4, -0.2) is 14.9 Å². The monoisotopic (exact) mass is 298 g/mol. The lowest BCUT2D eigenvalue weighted by Crippen LogP contribution is -2.09. The molecule has 2 rings (SSSR count). The van der Waals surface area contributed by atoms with Crippen molar-refractivity contribution in [1.82, 2.24) is 9.78 Å². The summed E-state index contributed by atoms with van der Waals surface area (Å²) >= 11 is 3.34. The van der Waals surface area contributed by atoms with Gasteiger partial charge in [0.2, 0.25) is 0 Å². The number of benzene rings is 1. The van der Waals surface area contributed by atoms with Crippen LogP contribution in [0.3, 0.4) is 0 Å². The summed E-state index contributed by atoms with van der Waals surface area (Å²) in [4.78, 5) is 0. The van der Waals surface area contributed by atoms with Gasteiger partial charge in [-0.15, -0.1) is 0 Å². The van der Waals surface area contributed by atoms with Crippen LogP contribution in [0.25, 0.3) is 0 Å². The smallest absolute Gasteiger partial charge is 0.123 e. The van der Waals surface area contributed by atoms with E-state index in [0.29, 0.717) is 17.8 Å². The maximum Gasteiger partial charge on any atom is 0.123 e. The summed E-state index contributed by atoms with van der Waals surface area (Å²) < 4.78 is 15.5. The topological polar surface area (TPSA) is 38.0 Å². The molecule has 1 N–H and O–H groups in total. The predicted octanol–water partition coefficient (Wildman–Crippen LogP) is 2.89. The van der Waals surface area contributed by atoms with Gasteiger partial charge in [-0.25, -0.2) is 4.39 Å². The Morgan fingerprint density at radius 3 is 2.94 bits per heavy atom. The fourth-order valence-corrected chi connectivity index (χ4v) is 2.24. The average molecular weight is 299 g/mol. The number of hydrogen-bond acceptors (Lipinski definition) is 2. The van der Waals surface area contributed by atoms with Crippen LogP contribution in [0.4, 0.5) is 4.39 Å². The summed E-state index contributed by atoms with van der Waals surface area (Å²) in [7, 11) is 0. The van der Waals surface area contributed by atoms with Gasteiger partial charge in [0.1, 0.15) is 11.9 Å². The van der Waals surface area contributed by atoms with Gasteiger partial charge in [0.05, 0.1) is 16.4 Å². The Hall–Kier alpha value is -1.20. The maximum atomic E-state index is 13.1. The Labute approximate surface area is 107 Å². The minimum absolute atomic E-state index is 0.361. The highest BCUT2D eigenvalue weighted by molar-refractivity contribution is 9.10. The van der Waals surface area contributed by atoms with Crippen molar-refractivity contribution in [3.8, 4) is 0 Å². The Morgan fingerprint density at radius 1 is 1.53 bits per heavy atom. The van der Waals surface area contributed by atoms with E-state index in [1.165, 1.54) is 12.1 Å². The number of aryl methyl sites for hydroxylation is 1. The lowest BCUT2D eigenvalue weighted by molar-refractivity contribution is 0.206. The third-order valence-corrected chi connectivity index (χ3v) is 3.17. The number of rotatable bonds is 3. The molecule has 17 heavy (non-hydrogen) atoms. The van der Waals surface area contributed by atoms with Crippen LogP contribution in [0, 0.1) is 5.82 Å². The molecular weight excluding hydrogens is 287 g/mol. The molecular formula is C12H12BrFN2O. The van der Waals surface area contributed by atoms with Crippen molar-refractivity contribution in [2.75, 3.05) is 0 Å². The molecule has 5 heteroatoms. The summed E-state index contributed by atoms with van der Waals surface area (Å²) in [5.74, 6) is -0.361. The number of hydrogen-bond donors (Lipinski definition) is 1. The summed E-state index contributed by atoms with van der Waals surface area (Å²) in [6, 6.07) is 5.94. The first kappa shape index (κ1) is 12.3. The zero-order valence-electron chi connectivity index (χ0n) is 9.27. The fourth-order valence-electron chi connectivity index (χ4n) is 1.73. The summed E-state index contributed by atoms with van der Waals surface area (Å²) in [6.45, 7) is 2.58. The highest BCUT2D eigenvalue weighted by atomic mass is 79.9. The Balaban J connectivity index is 2.43. The number of aromatic nitrogens is 2. The molecule has 0 aliphatic heterocycles. The molecule has 0 bridgehead atoms. The molecule has 0 fully saturated rings. The second-order valence-corrected chi connectivity index (χ2v) is 4.51. The van der Waals surface area contributed by atoms with E-state index in [0.717, 1.165) is 4.47 Å². The van der Waals surface area contributed by atoms with Gasteiger partial charge in [0.25, 0.3) is 0 Å². The van der Waals surface area contributed by atoms with E-state index in [-0.39, 0.29) is 5.82 Å². The Morgan fingerprint density at radius 2 is 2.29 bits per heavy atom. The molecule has 0 radical (unpaired) electrons. The van der Waals surface area contributed by atoms with Crippen LogP contribution in [0.15, 0.2) is 34.9 Å². The van der Waals surface area contributed by atoms with Gasteiger partial charge in [-0.3, -0.25) is 4.68 Å². The van der Waals surface area contributed by atoms with Crippen LogP contribution < -0.4 is 0 Å². The number of aliphatic hydroxyl groups is 1. The zero-order chi connectivity index (χ0) is 12.4. The molecule has 1 aromatic carbocycles. The molecule has 1 aromatic heterocycles. The first-order chi connectivity index (χ1) is 8.13. The maximum absolute atomic E-state index is 13.1. The second kappa shape index (κ2) is 4.98. The van der Waals surface area contributed by atoms with Crippen LogP contribution in [-0.2, 0) is 6.54 Å². The molecule has 0 amide bonds. The van der Waals surface area contributed by atoms with Crippen molar-refractivity contribution >= 4 is 15.9 Å². The van der Waals surface area contributed by atoms with E-state index >= 15 is 0 Å². The van der Waals surface area contributed by atoms with Gasteiger partial charge < -0.3 is 5.11 Å². The zero-order valence-corrected chi connectivity index (χ0v) is 10.9. The van der Waals surface area contributed by atoms with Crippen LogP contribution in [0.2, 0.25) is 0 Å². The summed E-state index contributed by atoms with van der Waals surface area (Å²) in [5.41, 5.74) is 1.15. The van der Waals surface area contributed by atoms with E-state index in [1.54, 1.807) is 23.0 Å². The van der Waals surface area contributed by atoms with Crippen molar-refractivity contribution in [3.05, 3.63) is 52.0 Å². The lowest BCUT2D eigenvalue weighted by Gasteiger charge is -2.13. The van der Waals surface area contributed by atoms with Crippen molar-refractivity contribution in [3.63, 3.8) is 0 Å². The Kier molecular flexibility index (Phi) is 3.59. The molecule has 0 aliphatic carbocycles. The normalized spacial score (nSPS) is 12.7. The van der Waals surface area contributed by atoms with Gasteiger partial charge in [-0.05, 0) is 40.5 Å². The number of nitrogens with zero attached hydrogens (tertiary/aromatic N) is 2. The quantitative estimate of drug-likeness (QED) is 0.946. The summed E-state index contributed by atoms with van der Waals surface area (Å²) in [6.07, 6.45) is 0.740. The predicted molar refractivity (Wildman–Crippen MR) is 66.1 cm³/mol. The van der Waals surface area contributed by atoms with Crippen molar-refractivity contribution < 1.29 is 9.50 Å². The van der Waals surface area contributed by atoms with Gasteiger partial charge >= 0.3 is 0 Å². The minimum atomic E-state index is -0.887. The molecule has 1 atom stereocenters. The number of aliphatic hydroxyl groups excluding tert-OH is 1. The molecule has 0 spiro atoms. The third-order valence-electron chi connectivity index (χ3n) is 2.56. The van der Waals surface area contributed by atoms with E-state index in [2.05, 4.69) is 21.0 Å². The molecule has 0 saturated heterocycles. The SMILES string of the molecule is CCn1ncc(Br)c1C(O)c1cccc(F)c1. The van der Waals surface area contributed by atoms with Crippen molar-refractivity contribution in [1.29, 1.82) is 0 Å². The van der Waals surface area contributed by atoms with Crippen LogP contribution >= 0.6 is 15.9 Å². The molecule has 1 heterocycles. The van der Waals surface area contributed by atoms with Gasteiger partial charge in [0, 0.05) is 6.54 Å². The van der Waals surface area contributed by atoms with E-state index < -0.39 is 6.10 Å². The molecule has 90 valence electrons. The van der Waals surface area contributed by atoms with E-state index in [9.17, 15) is 9.50 Å². The van der Waals surface area contributed by atoms with Gasteiger partial charge in [0.15, 0.2) is 0 Å². The standard InChI is InChI=1S/C12H12BrFN2O/c1-2-16-11(10(13)7-15-16)12(17)8-4-3-5-9(14)6-8/h3-7,12,17H,2H2,1H3. The molecule has 0 aliphatic rings. The first-order valence-corrected chi connectivity index (χ1v) is 6.07. The van der Waals surface area contributed by atoms with Crippen molar-refractivity contribution in [2.24, 2.45) is 0 Å². The van der Waals surface area contributed by atoms with Crippen LogP contribution in [0.5, 0.6) is 0 Å². The Bertz CT molecular complexity index is 527. The third kappa shape index (κ3) is 2.40. The highest BCUT2D eigenvalue weighted by Gasteiger charge is 2.19. The second-order valence-electron chi connectivity index (χ2n) is 3.65. The van der Waals surface area contributed by atoms with Crippen molar-refractivity contribution in [2.45, 2.75) is 19.6 Å². The molecule has 3 nitrogen and oxygen atoms in total. The van der Waals surface area contributed by atoms with E-state index in [1.807, 2.05) is 6.92 Å². The van der Waals surface area contributed by atoms with Gasteiger partial charge in [-0.1, -0.05) is 12.1 Å². The summed E-state index contributed by atoms with van der Waals surface area (Å²) in [5, 5.41) is 14.4. The van der Waals surface area contributed by atoms with E-state index in [4.69, 9.17) is 0 Å². The lowest BCUT2D eigenvalue weighted by atomic mass is 10.1. The van der Waals surface area contributed by atoms with Gasteiger partial charge in [-0.2, -0.15) is 5.10 Å². The fraction of sp³-hybridized carbons (Fsp3) is 0.250. The van der Waals surface area contributed by atoms with Crippen LogP contribution in [0.1, 0.15) is 24.3 Å². The molecule has 0 saturated carbocycles. The number of halogens is 2. The average Bonchev–Trinajstić information content (AvgIpc) is 2.69. The first-order valence-electron chi connectivity index (χ1n) is 5.28. The minimum Gasteiger partial charge on any atom is -0.382 e. The largest absolute Gasteiger partial charge is 0.382 e.